The molecule has 0 spiro atoms. The van der Waals surface area contributed by atoms with E-state index < -0.39 is 11.2 Å². The Morgan fingerprint density at radius 3 is 2.48 bits per heavy atom. The van der Waals surface area contributed by atoms with Crippen molar-refractivity contribution in [2.45, 2.75) is 26.9 Å². The number of hydrogen-bond donors (Lipinski definition) is 1. The summed E-state index contributed by atoms with van der Waals surface area (Å²) in [6.07, 6.45) is 0. The topological polar surface area (TPSA) is 88.4 Å². The van der Waals surface area contributed by atoms with E-state index in [1.807, 2.05) is 11.5 Å². The molecule has 9 nitrogen and oxygen atoms in total. The Kier molecular flexibility index (Phi) is 6.24. The molecule has 31 heavy (non-hydrogen) atoms. The Bertz CT molecular complexity index is 1150. The maximum atomic E-state index is 12.6. The van der Waals surface area contributed by atoms with Crippen LogP contribution in [0.2, 0.25) is 0 Å². The zero-order valence-corrected chi connectivity index (χ0v) is 18.4. The monoisotopic (exact) mass is 426 g/mol. The lowest BCUT2D eigenvalue weighted by Gasteiger charge is -2.35. The molecule has 3 heterocycles. The normalized spacial score (nSPS) is 15.1. The van der Waals surface area contributed by atoms with Gasteiger partial charge in [-0.1, -0.05) is 29.8 Å². The highest BCUT2D eigenvalue weighted by Gasteiger charge is 2.24. The van der Waals surface area contributed by atoms with Crippen LogP contribution in [0.4, 0.5) is 5.95 Å². The van der Waals surface area contributed by atoms with Crippen molar-refractivity contribution in [3.63, 3.8) is 0 Å². The molecule has 0 unspecified atom stereocenters. The van der Waals surface area contributed by atoms with E-state index >= 15 is 0 Å². The number of piperazine rings is 1. The smallest absolute Gasteiger partial charge is 0.329 e. The molecule has 0 radical (unpaired) electrons. The number of H-pyrrole nitrogens is 1. The van der Waals surface area contributed by atoms with Gasteiger partial charge in [0.1, 0.15) is 0 Å². The summed E-state index contributed by atoms with van der Waals surface area (Å²) < 4.78 is 8.81. The average Bonchev–Trinajstić information content (AvgIpc) is 3.15. The number of imidazole rings is 1. The second-order valence-electron chi connectivity index (χ2n) is 8.00. The van der Waals surface area contributed by atoms with E-state index in [1.165, 1.54) is 15.7 Å². The molecule has 1 saturated heterocycles. The highest BCUT2D eigenvalue weighted by molar-refractivity contribution is 5.74. The summed E-state index contributed by atoms with van der Waals surface area (Å²) in [6.45, 7) is 9.95. The Balaban J connectivity index is 1.57. The molecular weight excluding hydrogens is 396 g/mol. The van der Waals surface area contributed by atoms with Crippen LogP contribution in [0.15, 0.2) is 33.9 Å². The maximum absolute atomic E-state index is 12.6. The number of hydrogen-bond acceptors (Lipinski definition) is 6. The molecule has 3 aromatic rings. The summed E-state index contributed by atoms with van der Waals surface area (Å²) in [7, 11) is 1.63. The molecule has 0 atom stereocenters. The van der Waals surface area contributed by atoms with Gasteiger partial charge in [-0.2, -0.15) is 4.98 Å². The van der Waals surface area contributed by atoms with E-state index in [9.17, 15) is 9.59 Å². The number of ether oxygens (including phenoxy) is 1. The van der Waals surface area contributed by atoms with Crippen LogP contribution in [-0.2, 0) is 24.9 Å². The molecule has 4 rings (SSSR count). The van der Waals surface area contributed by atoms with Gasteiger partial charge in [0.15, 0.2) is 11.2 Å². The van der Waals surface area contributed by atoms with Crippen LogP contribution in [0.5, 0.6) is 0 Å². The number of benzene rings is 1. The first-order valence-corrected chi connectivity index (χ1v) is 10.8. The first kappa shape index (κ1) is 21.3. The number of nitrogens with one attached hydrogen (secondary N) is 1. The van der Waals surface area contributed by atoms with Crippen molar-refractivity contribution >= 4 is 17.1 Å². The van der Waals surface area contributed by atoms with Crippen LogP contribution in [-0.4, -0.2) is 63.4 Å². The summed E-state index contributed by atoms with van der Waals surface area (Å²) in [6, 6.07) is 8.66. The molecule has 2 aromatic heterocycles. The highest BCUT2D eigenvalue weighted by Crippen LogP contribution is 2.21. The van der Waals surface area contributed by atoms with Crippen LogP contribution in [0.25, 0.3) is 11.2 Å². The van der Waals surface area contributed by atoms with Crippen LogP contribution in [0.3, 0.4) is 0 Å². The number of aromatic nitrogens is 4. The summed E-state index contributed by atoms with van der Waals surface area (Å²) >= 11 is 0. The van der Waals surface area contributed by atoms with E-state index in [4.69, 9.17) is 9.72 Å². The summed E-state index contributed by atoms with van der Waals surface area (Å²) in [5, 5.41) is 0. The maximum Gasteiger partial charge on any atom is 0.329 e. The molecule has 0 saturated carbocycles. The second kappa shape index (κ2) is 9.07. The van der Waals surface area contributed by atoms with Crippen molar-refractivity contribution in [1.29, 1.82) is 0 Å². The lowest BCUT2D eigenvalue weighted by Crippen LogP contribution is -2.47. The highest BCUT2D eigenvalue weighted by atomic mass is 16.5. The van der Waals surface area contributed by atoms with E-state index in [1.54, 1.807) is 7.05 Å². The summed E-state index contributed by atoms with van der Waals surface area (Å²) in [5.41, 5.74) is 2.53. The van der Waals surface area contributed by atoms with Gasteiger partial charge < -0.3 is 14.2 Å². The number of aryl methyl sites for hydroxylation is 2. The zero-order valence-electron chi connectivity index (χ0n) is 18.4. The van der Waals surface area contributed by atoms with Gasteiger partial charge in [0.2, 0.25) is 5.95 Å². The fourth-order valence-electron chi connectivity index (χ4n) is 4.03. The Morgan fingerprint density at radius 1 is 1.10 bits per heavy atom. The van der Waals surface area contributed by atoms with Crippen molar-refractivity contribution in [1.82, 2.24) is 24.0 Å². The average molecular weight is 427 g/mol. The molecule has 1 N–H and O–H groups in total. The minimum Gasteiger partial charge on any atom is -0.380 e. The number of rotatable bonds is 7. The van der Waals surface area contributed by atoms with E-state index in [-0.39, 0.29) is 0 Å². The van der Waals surface area contributed by atoms with Gasteiger partial charge in [-0.3, -0.25) is 19.2 Å². The SMILES string of the molecule is CCOCCn1c(N2CCN(Cc3ccc(C)cc3)CC2)nc2c1c(=O)[nH]c(=O)n2C. The fraction of sp³-hybridized carbons (Fsp3) is 0.500. The zero-order chi connectivity index (χ0) is 22.0. The minimum atomic E-state index is -0.457. The van der Waals surface area contributed by atoms with E-state index in [2.05, 4.69) is 46.0 Å². The van der Waals surface area contributed by atoms with Crippen LogP contribution in [0, 0.1) is 6.92 Å². The predicted molar refractivity (Wildman–Crippen MR) is 121 cm³/mol. The van der Waals surface area contributed by atoms with Crippen molar-refractivity contribution < 1.29 is 4.74 Å². The number of fused-ring (bicyclic) bond motifs is 1. The van der Waals surface area contributed by atoms with Gasteiger partial charge in [0, 0.05) is 52.9 Å². The van der Waals surface area contributed by atoms with Gasteiger partial charge in [-0.15, -0.1) is 0 Å². The quantitative estimate of drug-likeness (QED) is 0.569. The predicted octanol–water partition coefficient (Wildman–Crippen LogP) is 1.09. The van der Waals surface area contributed by atoms with Gasteiger partial charge >= 0.3 is 5.69 Å². The molecule has 0 aliphatic carbocycles. The van der Waals surface area contributed by atoms with Gasteiger partial charge in [-0.25, -0.2) is 4.79 Å². The third-order valence-electron chi connectivity index (χ3n) is 5.83. The molecule has 166 valence electrons. The van der Waals surface area contributed by atoms with E-state index in [0.717, 1.165) is 38.7 Å². The number of aromatic amines is 1. The van der Waals surface area contributed by atoms with Crippen molar-refractivity contribution in [2.24, 2.45) is 7.05 Å². The molecule has 1 fully saturated rings. The van der Waals surface area contributed by atoms with Gasteiger partial charge in [0.25, 0.3) is 5.56 Å². The molecule has 0 bridgehead atoms. The van der Waals surface area contributed by atoms with Crippen molar-refractivity contribution in [3.05, 3.63) is 56.2 Å². The molecule has 1 aliphatic heterocycles. The third-order valence-corrected chi connectivity index (χ3v) is 5.83. The lowest BCUT2D eigenvalue weighted by molar-refractivity contribution is 0.140. The van der Waals surface area contributed by atoms with Gasteiger partial charge in [0.05, 0.1) is 6.61 Å². The van der Waals surface area contributed by atoms with Crippen LogP contribution in [0.1, 0.15) is 18.1 Å². The van der Waals surface area contributed by atoms with E-state index in [0.29, 0.717) is 30.9 Å². The number of nitrogens with zero attached hydrogens (tertiary/aromatic N) is 5. The Morgan fingerprint density at radius 2 is 1.81 bits per heavy atom. The fourth-order valence-corrected chi connectivity index (χ4v) is 4.03. The molecule has 0 amide bonds. The minimum absolute atomic E-state index is 0.405. The first-order valence-electron chi connectivity index (χ1n) is 10.8. The lowest BCUT2D eigenvalue weighted by atomic mass is 10.1. The van der Waals surface area contributed by atoms with Gasteiger partial charge in [-0.05, 0) is 19.4 Å². The second-order valence-corrected chi connectivity index (χ2v) is 8.00. The standard InChI is InChI=1S/C22H30N6O3/c1-4-31-14-13-28-18-19(25(3)22(30)24-20(18)29)23-21(28)27-11-9-26(10-12-27)15-17-7-5-16(2)6-8-17/h5-8H,4,9-15H2,1-3H3,(H,24,29,30). The number of anilines is 1. The largest absolute Gasteiger partial charge is 0.380 e. The summed E-state index contributed by atoms with van der Waals surface area (Å²) in [4.78, 5) is 36.4. The van der Waals surface area contributed by atoms with Crippen molar-refractivity contribution in [2.75, 3.05) is 44.3 Å². The molecule has 1 aromatic carbocycles. The molecular formula is C22H30N6O3. The molecule has 9 heteroatoms. The first-order chi connectivity index (χ1) is 15.0. The Hall–Kier alpha value is -2.91. The third kappa shape index (κ3) is 4.42. The van der Waals surface area contributed by atoms with Crippen LogP contribution < -0.4 is 16.1 Å². The molecule has 1 aliphatic rings. The van der Waals surface area contributed by atoms with Crippen LogP contribution >= 0.6 is 0 Å². The summed E-state index contributed by atoms with van der Waals surface area (Å²) in [5.74, 6) is 0.719. The van der Waals surface area contributed by atoms with Crippen molar-refractivity contribution in [3.8, 4) is 0 Å². The Labute approximate surface area is 180 Å².